The largest absolute Gasteiger partial charge is 0.357 e. The van der Waals surface area contributed by atoms with E-state index in [4.69, 9.17) is 4.99 Å². The summed E-state index contributed by atoms with van der Waals surface area (Å²) in [5, 5.41) is 9.10. The lowest BCUT2D eigenvalue weighted by atomic mass is 10.2. The lowest BCUT2D eigenvalue weighted by Gasteiger charge is -2.23. The Morgan fingerprint density at radius 1 is 1.23 bits per heavy atom. The van der Waals surface area contributed by atoms with Gasteiger partial charge < -0.3 is 20.4 Å². The molecule has 2 unspecified atom stereocenters. The summed E-state index contributed by atoms with van der Waals surface area (Å²) >= 11 is 1.80. The molecule has 0 saturated heterocycles. The van der Waals surface area contributed by atoms with Crippen LogP contribution < -0.4 is 10.6 Å². The molecule has 0 amide bonds. The molecule has 6 heteroatoms. The van der Waals surface area contributed by atoms with Crippen molar-refractivity contribution in [3.63, 3.8) is 0 Å². The Labute approximate surface area is 164 Å². The molecule has 0 aliphatic carbocycles. The molecular weight excluding hydrogens is 342 g/mol. The highest BCUT2D eigenvalue weighted by Crippen LogP contribution is 2.23. The van der Waals surface area contributed by atoms with Crippen molar-refractivity contribution in [1.82, 2.24) is 20.4 Å². The second-order valence-corrected chi connectivity index (χ2v) is 7.91. The van der Waals surface area contributed by atoms with Gasteiger partial charge in [0.25, 0.3) is 0 Å². The Kier molecular flexibility index (Phi) is 11.6. The van der Waals surface area contributed by atoms with Crippen LogP contribution in [-0.4, -0.2) is 68.6 Å². The molecule has 0 fully saturated rings. The fraction of sp³-hybridized carbons (Fsp3) is 0.750. The van der Waals surface area contributed by atoms with Crippen molar-refractivity contribution in [2.45, 2.75) is 52.6 Å². The molecule has 0 spiro atoms. The number of likely N-dealkylation sites (N-methyl/N-ethyl adjacent to an activating group) is 1. The van der Waals surface area contributed by atoms with Gasteiger partial charge in [-0.25, -0.2) is 0 Å². The van der Waals surface area contributed by atoms with Crippen molar-refractivity contribution in [1.29, 1.82) is 0 Å². The standard InChI is InChI=1S/C20H39N5S/c1-7-21-20(23-17(4)12-10-14-25(8-2)9-3)22-16-18(24(5)6)19-13-11-15-26-19/h11,13,15,17-18H,7-10,12,14,16H2,1-6H3,(H2,21,22,23). The van der Waals surface area contributed by atoms with Crippen molar-refractivity contribution in [3.8, 4) is 0 Å². The van der Waals surface area contributed by atoms with E-state index in [2.05, 4.69) is 79.7 Å². The van der Waals surface area contributed by atoms with Gasteiger partial charge in [0.05, 0.1) is 12.6 Å². The maximum Gasteiger partial charge on any atom is 0.191 e. The lowest BCUT2D eigenvalue weighted by molar-refractivity contribution is 0.292. The normalized spacial score (nSPS) is 14.7. The van der Waals surface area contributed by atoms with Crippen LogP contribution in [0, 0.1) is 0 Å². The van der Waals surface area contributed by atoms with Crippen LogP contribution in [0.5, 0.6) is 0 Å². The van der Waals surface area contributed by atoms with Gasteiger partial charge in [0.1, 0.15) is 0 Å². The number of thiophene rings is 1. The van der Waals surface area contributed by atoms with Crippen LogP contribution in [0.3, 0.4) is 0 Å². The van der Waals surface area contributed by atoms with Crippen LogP contribution in [-0.2, 0) is 0 Å². The van der Waals surface area contributed by atoms with E-state index in [1.165, 1.54) is 17.8 Å². The third-order valence-electron chi connectivity index (χ3n) is 4.65. The summed E-state index contributed by atoms with van der Waals surface area (Å²) in [6, 6.07) is 5.05. The Balaban J connectivity index is 2.56. The van der Waals surface area contributed by atoms with Gasteiger partial charge in [0, 0.05) is 17.5 Å². The number of nitrogens with zero attached hydrogens (tertiary/aromatic N) is 3. The maximum atomic E-state index is 4.86. The molecule has 1 aromatic heterocycles. The third-order valence-corrected chi connectivity index (χ3v) is 5.62. The molecule has 1 rings (SSSR count). The van der Waals surface area contributed by atoms with Crippen LogP contribution >= 0.6 is 11.3 Å². The van der Waals surface area contributed by atoms with Crippen LogP contribution in [0.15, 0.2) is 22.5 Å². The van der Waals surface area contributed by atoms with Crippen molar-refractivity contribution < 1.29 is 0 Å². The van der Waals surface area contributed by atoms with Crippen LogP contribution in [0.2, 0.25) is 0 Å². The van der Waals surface area contributed by atoms with Crippen LogP contribution in [0.4, 0.5) is 0 Å². The lowest BCUT2D eigenvalue weighted by Crippen LogP contribution is -2.43. The topological polar surface area (TPSA) is 42.9 Å². The van der Waals surface area contributed by atoms with Crippen LogP contribution in [0.1, 0.15) is 51.5 Å². The van der Waals surface area contributed by atoms with Gasteiger partial charge in [0.2, 0.25) is 0 Å². The molecule has 2 N–H and O–H groups in total. The first-order valence-electron chi connectivity index (χ1n) is 9.98. The summed E-state index contributed by atoms with van der Waals surface area (Å²) in [6.45, 7) is 13.9. The molecule has 0 aromatic carbocycles. The van der Waals surface area contributed by atoms with E-state index >= 15 is 0 Å². The minimum Gasteiger partial charge on any atom is -0.357 e. The van der Waals surface area contributed by atoms with E-state index in [-0.39, 0.29) is 0 Å². The van der Waals surface area contributed by atoms with Gasteiger partial charge in [-0.05, 0) is 71.9 Å². The van der Waals surface area contributed by atoms with E-state index in [0.717, 1.165) is 38.6 Å². The predicted octanol–water partition coefficient (Wildman–Crippen LogP) is 3.42. The number of hydrogen-bond acceptors (Lipinski definition) is 4. The zero-order valence-electron chi connectivity index (χ0n) is 17.6. The summed E-state index contributed by atoms with van der Waals surface area (Å²) in [5.41, 5.74) is 0. The molecule has 0 radical (unpaired) electrons. The summed E-state index contributed by atoms with van der Waals surface area (Å²) in [5.74, 6) is 0.922. The first-order chi connectivity index (χ1) is 12.5. The second kappa shape index (κ2) is 13.1. The third kappa shape index (κ3) is 8.52. The molecule has 26 heavy (non-hydrogen) atoms. The van der Waals surface area contributed by atoms with Gasteiger partial charge >= 0.3 is 0 Å². The SMILES string of the molecule is CCNC(=NCC(c1cccs1)N(C)C)NC(C)CCCN(CC)CC. The molecule has 5 nitrogen and oxygen atoms in total. The highest BCUT2D eigenvalue weighted by Gasteiger charge is 2.15. The zero-order chi connectivity index (χ0) is 19.4. The van der Waals surface area contributed by atoms with Crippen molar-refractivity contribution in [3.05, 3.63) is 22.4 Å². The van der Waals surface area contributed by atoms with E-state index < -0.39 is 0 Å². The molecule has 2 atom stereocenters. The smallest absolute Gasteiger partial charge is 0.191 e. The Morgan fingerprint density at radius 3 is 2.50 bits per heavy atom. The highest BCUT2D eigenvalue weighted by atomic mass is 32.1. The minimum atomic E-state index is 0.323. The highest BCUT2D eigenvalue weighted by molar-refractivity contribution is 7.10. The van der Waals surface area contributed by atoms with Gasteiger partial charge in [0.15, 0.2) is 5.96 Å². The van der Waals surface area contributed by atoms with Gasteiger partial charge in [-0.1, -0.05) is 19.9 Å². The van der Waals surface area contributed by atoms with E-state index in [1.807, 2.05) is 0 Å². The van der Waals surface area contributed by atoms with Gasteiger partial charge in [-0.15, -0.1) is 11.3 Å². The summed E-state index contributed by atoms with van der Waals surface area (Å²) < 4.78 is 0. The van der Waals surface area contributed by atoms with Gasteiger partial charge in [-0.3, -0.25) is 4.99 Å². The molecule has 1 aromatic rings. The zero-order valence-corrected chi connectivity index (χ0v) is 18.4. The minimum absolute atomic E-state index is 0.323. The number of guanidine groups is 1. The fourth-order valence-corrected chi connectivity index (χ4v) is 3.87. The first kappa shape index (κ1) is 22.9. The Morgan fingerprint density at radius 2 is 1.96 bits per heavy atom. The molecule has 150 valence electrons. The van der Waals surface area contributed by atoms with Crippen molar-refractivity contribution >= 4 is 17.3 Å². The maximum absolute atomic E-state index is 4.86. The Hall–Kier alpha value is -1.11. The summed E-state index contributed by atoms with van der Waals surface area (Å²) in [6.07, 6.45) is 2.37. The molecular formula is C20H39N5S. The Bertz CT molecular complexity index is 482. The van der Waals surface area contributed by atoms with E-state index in [1.54, 1.807) is 11.3 Å². The quantitative estimate of drug-likeness (QED) is 0.430. The van der Waals surface area contributed by atoms with Gasteiger partial charge in [-0.2, -0.15) is 0 Å². The van der Waals surface area contributed by atoms with Crippen LogP contribution in [0.25, 0.3) is 0 Å². The monoisotopic (exact) mass is 381 g/mol. The second-order valence-electron chi connectivity index (χ2n) is 6.93. The van der Waals surface area contributed by atoms with E-state index in [0.29, 0.717) is 12.1 Å². The fourth-order valence-electron chi connectivity index (χ4n) is 2.95. The number of rotatable bonds is 12. The average Bonchev–Trinajstić information content (AvgIpc) is 3.13. The molecule has 0 aliphatic heterocycles. The molecule has 0 aliphatic rings. The van der Waals surface area contributed by atoms with Crippen molar-refractivity contribution in [2.75, 3.05) is 46.8 Å². The molecule has 0 saturated carbocycles. The number of aliphatic imine (C=N–C) groups is 1. The number of hydrogen-bond donors (Lipinski definition) is 2. The van der Waals surface area contributed by atoms with E-state index in [9.17, 15) is 0 Å². The number of nitrogens with one attached hydrogen (secondary N) is 2. The van der Waals surface area contributed by atoms with Crippen molar-refractivity contribution in [2.24, 2.45) is 4.99 Å². The molecule has 1 heterocycles. The predicted molar refractivity (Wildman–Crippen MR) is 116 cm³/mol. The average molecular weight is 382 g/mol. The summed E-state index contributed by atoms with van der Waals surface area (Å²) in [7, 11) is 4.24. The first-order valence-corrected chi connectivity index (χ1v) is 10.9. The summed E-state index contributed by atoms with van der Waals surface area (Å²) in [4.78, 5) is 10.9. The molecule has 0 bridgehead atoms.